The van der Waals surface area contributed by atoms with Crippen LogP contribution in [0.5, 0.6) is 11.5 Å². The molecule has 2 aromatic rings. The van der Waals surface area contributed by atoms with Crippen molar-refractivity contribution in [3.8, 4) is 22.8 Å². The number of rotatable bonds is 1. The van der Waals surface area contributed by atoms with E-state index < -0.39 is 0 Å². The molecule has 17 heavy (non-hydrogen) atoms. The first-order chi connectivity index (χ1) is 8.16. The molecule has 88 valence electrons. The van der Waals surface area contributed by atoms with Gasteiger partial charge in [-0.25, -0.2) is 0 Å². The minimum Gasteiger partial charge on any atom is -0.454 e. The van der Waals surface area contributed by atoms with Crippen LogP contribution in [0.4, 0.5) is 5.82 Å². The third-order valence-electron chi connectivity index (χ3n) is 2.72. The molecule has 1 aromatic carbocycles. The SMILES string of the molecule is Cc1c2c(cc(Cl)c1-c1cc(N)n[nH]1)OCO2. The summed E-state index contributed by atoms with van der Waals surface area (Å²) in [4.78, 5) is 0. The van der Waals surface area contributed by atoms with E-state index in [1.54, 1.807) is 12.1 Å². The van der Waals surface area contributed by atoms with Crippen LogP contribution in [-0.2, 0) is 0 Å². The first-order valence-corrected chi connectivity index (χ1v) is 5.44. The lowest BCUT2D eigenvalue weighted by molar-refractivity contribution is 0.173. The molecule has 0 amide bonds. The van der Waals surface area contributed by atoms with Gasteiger partial charge in [-0.2, -0.15) is 5.10 Å². The fourth-order valence-electron chi connectivity index (χ4n) is 1.96. The lowest BCUT2D eigenvalue weighted by Crippen LogP contribution is -1.93. The summed E-state index contributed by atoms with van der Waals surface area (Å²) < 4.78 is 10.7. The Bertz CT molecular complexity index is 595. The highest BCUT2D eigenvalue weighted by Crippen LogP contribution is 2.44. The first kappa shape index (κ1) is 10.3. The fourth-order valence-corrected chi connectivity index (χ4v) is 2.31. The molecule has 0 fully saturated rings. The number of fused-ring (bicyclic) bond motifs is 1. The van der Waals surface area contributed by atoms with E-state index in [9.17, 15) is 0 Å². The number of aromatic amines is 1. The van der Waals surface area contributed by atoms with E-state index >= 15 is 0 Å². The number of halogens is 1. The van der Waals surface area contributed by atoms with Gasteiger partial charge < -0.3 is 15.2 Å². The average molecular weight is 252 g/mol. The number of hydrogen-bond acceptors (Lipinski definition) is 4. The van der Waals surface area contributed by atoms with Crippen LogP contribution in [0, 0.1) is 6.92 Å². The van der Waals surface area contributed by atoms with Gasteiger partial charge in [-0.1, -0.05) is 11.6 Å². The molecular formula is C11H10ClN3O2. The second-order valence-electron chi connectivity index (χ2n) is 3.80. The largest absolute Gasteiger partial charge is 0.454 e. The predicted molar refractivity (Wildman–Crippen MR) is 64.3 cm³/mol. The molecule has 0 bridgehead atoms. The molecule has 1 aliphatic heterocycles. The van der Waals surface area contributed by atoms with Gasteiger partial charge >= 0.3 is 0 Å². The number of nitrogens with one attached hydrogen (secondary N) is 1. The number of hydrogen-bond donors (Lipinski definition) is 2. The Morgan fingerprint density at radius 1 is 1.41 bits per heavy atom. The molecule has 2 heterocycles. The number of benzene rings is 1. The van der Waals surface area contributed by atoms with Crippen LogP contribution in [0.3, 0.4) is 0 Å². The van der Waals surface area contributed by atoms with Gasteiger partial charge in [-0.3, -0.25) is 5.10 Å². The van der Waals surface area contributed by atoms with Gasteiger partial charge in [0, 0.05) is 23.3 Å². The number of nitrogens with zero attached hydrogens (tertiary/aromatic N) is 1. The lowest BCUT2D eigenvalue weighted by atomic mass is 10.0. The molecule has 3 N–H and O–H groups in total. The van der Waals surface area contributed by atoms with Crippen molar-refractivity contribution < 1.29 is 9.47 Å². The topological polar surface area (TPSA) is 73.2 Å². The highest BCUT2D eigenvalue weighted by molar-refractivity contribution is 6.33. The maximum Gasteiger partial charge on any atom is 0.231 e. The molecule has 3 rings (SSSR count). The van der Waals surface area contributed by atoms with Crippen molar-refractivity contribution in [3.63, 3.8) is 0 Å². The molecule has 0 unspecified atom stereocenters. The van der Waals surface area contributed by atoms with Crippen molar-refractivity contribution in [1.29, 1.82) is 0 Å². The molecule has 0 atom stereocenters. The quantitative estimate of drug-likeness (QED) is 0.816. The molecule has 0 radical (unpaired) electrons. The van der Waals surface area contributed by atoms with Crippen LogP contribution < -0.4 is 15.2 Å². The van der Waals surface area contributed by atoms with Crippen LogP contribution >= 0.6 is 11.6 Å². The van der Waals surface area contributed by atoms with E-state index in [-0.39, 0.29) is 6.79 Å². The third-order valence-corrected chi connectivity index (χ3v) is 3.02. The van der Waals surface area contributed by atoms with E-state index in [2.05, 4.69) is 10.2 Å². The van der Waals surface area contributed by atoms with E-state index in [1.165, 1.54) is 0 Å². The van der Waals surface area contributed by atoms with E-state index in [0.29, 0.717) is 16.6 Å². The summed E-state index contributed by atoms with van der Waals surface area (Å²) in [5.41, 5.74) is 8.10. The molecule has 0 saturated heterocycles. The minimum atomic E-state index is 0.223. The summed E-state index contributed by atoms with van der Waals surface area (Å²) >= 11 is 6.23. The van der Waals surface area contributed by atoms with Crippen molar-refractivity contribution in [2.75, 3.05) is 12.5 Å². The minimum absolute atomic E-state index is 0.223. The summed E-state index contributed by atoms with van der Waals surface area (Å²) in [6, 6.07) is 3.47. The normalized spacial score (nSPS) is 13.1. The highest BCUT2D eigenvalue weighted by Gasteiger charge is 2.22. The van der Waals surface area contributed by atoms with Gasteiger partial charge in [0.15, 0.2) is 11.5 Å². The summed E-state index contributed by atoms with van der Waals surface area (Å²) in [6.07, 6.45) is 0. The predicted octanol–water partition coefficient (Wildman–Crippen LogP) is 2.35. The molecule has 1 aromatic heterocycles. The summed E-state index contributed by atoms with van der Waals surface area (Å²) in [5, 5.41) is 7.31. The number of anilines is 1. The van der Waals surface area contributed by atoms with Crippen LogP contribution in [0.2, 0.25) is 5.02 Å². The smallest absolute Gasteiger partial charge is 0.231 e. The van der Waals surface area contributed by atoms with Crippen LogP contribution in [0.1, 0.15) is 5.56 Å². The van der Waals surface area contributed by atoms with Gasteiger partial charge in [-0.15, -0.1) is 0 Å². The monoisotopic (exact) mass is 251 g/mol. The van der Waals surface area contributed by atoms with Crippen LogP contribution in [0.15, 0.2) is 12.1 Å². The molecular weight excluding hydrogens is 242 g/mol. The number of ether oxygens (including phenoxy) is 2. The van der Waals surface area contributed by atoms with E-state index in [4.69, 9.17) is 26.8 Å². The second kappa shape index (κ2) is 3.56. The van der Waals surface area contributed by atoms with Crippen LogP contribution in [-0.4, -0.2) is 17.0 Å². The highest BCUT2D eigenvalue weighted by atomic mass is 35.5. The van der Waals surface area contributed by atoms with Crippen molar-refractivity contribution in [3.05, 3.63) is 22.7 Å². The molecule has 6 heteroatoms. The second-order valence-corrected chi connectivity index (χ2v) is 4.21. The van der Waals surface area contributed by atoms with Gasteiger partial charge in [0.25, 0.3) is 0 Å². The Labute approximate surface area is 102 Å². The lowest BCUT2D eigenvalue weighted by Gasteiger charge is -2.09. The Balaban J connectivity index is 2.23. The fraction of sp³-hybridized carbons (Fsp3) is 0.182. The average Bonchev–Trinajstić information content (AvgIpc) is 2.87. The molecule has 1 aliphatic rings. The summed E-state index contributed by atoms with van der Waals surface area (Å²) in [5.74, 6) is 1.81. The van der Waals surface area contributed by atoms with Gasteiger partial charge in [-0.05, 0) is 6.92 Å². The Kier molecular flexibility index (Phi) is 2.16. The maximum atomic E-state index is 6.23. The molecule has 0 spiro atoms. The van der Waals surface area contributed by atoms with Crippen molar-refractivity contribution >= 4 is 17.4 Å². The molecule has 0 saturated carbocycles. The first-order valence-electron chi connectivity index (χ1n) is 5.07. The Hall–Kier alpha value is -1.88. The summed E-state index contributed by atoms with van der Waals surface area (Å²) in [7, 11) is 0. The molecule has 5 nitrogen and oxygen atoms in total. The Morgan fingerprint density at radius 2 is 2.24 bits per heavy atom. The zero-order valence-corrected chi connectivity index (χ0v) is 9.84. The zero-order valence-electron chi connectivity index (χ0n) is 9.08. The van der Waals surface area contributed by atoms with Gasteiger partial charge in [0.2, 0.25) is 6.79 Å². The van der Waals surface area contributed by atoms with E-state index in [1.807, 2.05) is 6.92 Å². The summed E-state index contributed by atoms with van der Waals surface area (Å²) in [6.45, 7) is 2.15. The van der Waals surface area contributed by atoms with Crippen molar-refractivity contribution in [2.24, 2.45) is 0 Å². The number of nitrogens with two attached hydrogens (primary N) is 1. The van der Waals surface area contributed by atoms with Gasteiger partial charge in [0.1, 0.15) is 5.82 Å². The van der Waals surface area contributed by atoms with E-state index in [0.717, 1.165) is 22.6 Å². The zero-order chi connectivity index (χ0) is 12.0. The number of aromatic nitrogens is 2. The molecule has 0 aliphatic carbocycles. The van der Waals surface area contributed by atoms with Crippen molar-refractivity contribution in [2.45, 2.75) is 6.92 Å². The van der Waals surface area contributed by atoms with Gasteiger partial charge in [0.05, 0.1) is 10.7 Å². The number of H-pyrrole nitrogens is 1. The standard InChI is InChI=1S/C11H10ClN3O2/c1-5-10(7-3-9(13)15-14-7)6(12)2-8-11(5)17-4-16-8/h2-3H,4H2,1H3,(H3,13,14,15). The Morgan fingerprint density at radius 3 is 2.94 bits per heavy atom. The van der Waals surface area contributed by atoms with Crippen molar-refractivity contribution in [1.82, 2.24) is 10.2 Å². The number of nitrogen functional groups attached to an aromatic ring is 1. The third kappa shape index (κ3) is 1.51. The maximum absolute atomic E-state index is 6.23. The van der Waals surface area contributed by atoms with Crippen LogP contribution in [0.25, 0.3) is 11.3 Å².